The van der Waals surface area contributed by atoms with Crippen LogP contribution in [0.25, 0.3) is 0 Å². The van der Waals surface area contributed by atoms with E-state index in [0.717, 1.165) is 29.6 Å². The molecule has 0 radical (unpaired) electrons. The summed E-state index contributed by atoms with van der Waals surface area (Å²) in [7, 11) is 0. The summed E-state index contributed by atoms with van der Waals surface area (Å²) in [6.45, 7) is 13.6. The molecule has 5 unspecified atom stereocenters. The van der Waals surface area contributed by atoms with Crippen molar-refractivity contribution in [3.05, 3.63) is 12.7 Å². The SMILES string of the molecule is C=CC1CC(CC)CCC1CC(C)C(C)CC. The van der Waals surface area contributed by atoms with Gasteiger partial charge in [-0.3, -0.25) is 0 Å². The molecular weight excluding hydrogens is 204 g/mol. The third kappa shape index (κ3) is 4.16. The van der Waals surface area contributed by atoms with Gasteiger partial charge in [0.25, 0.3) is 0 Å². The number of hydrogen-bond acceptors (Lipinski definition) is 0. The van der Waals surface area contributed by atoms with E-state index in [1.807, 2.05) is 0 Å². The van der Waals surface area contributed by atoms with Crippen LogP contribution in [0, 0.1) is 29.6 Å². The van der Waals surface area contributed by atoms with E-state index >= 15 is 0 Å². The van der Waals surface area contributed by atoms with Crippen molar-refractivity contribution in [3.63, 3.8) is 0 Å². The molecule has 1 rings (SSSR count). The molecule has 5 atom stereocenters. The summed E-state index contributed by atoms with van der Waals surface area (Å²) < 4.78 is 0. The molecule has 0 spiro atoms. The predicted octanol–water partition coefficient (Wildman–Crippen LogP) is 5.69. The van der Waals surface area contributed by atoms with Crippen molar-refractivity contribution in [1.82, 2.24) is 0 Å². The number of hydrogen-bond donors (Lipinski definition) is 0. The van der Waals surface area contributed by atoms with Crippen molar-refractivity contribution < 1.29 is 0 Å². The molecule has 1 fully saturated rings. The van der Waals surface area contributed by atoms with Crippen LogP contribution < -0.4 is 0 Å². The standard InChI is InChI=1S/C17H32/c1-6-13(4)14(5)11-17-10-9-15(7-2)12-16(17)8-3/h8,13-17H,3,6-7,9-12H2,1-2,4-5H3. The normalized spacial score (nSPS) is 33.1. The first kappa shape index (κ1) is 14.8. The van der Waals surface area contributed by atoms with Gasteiger partial charge in [-0.15, -0.1) is 6.58 Å². The van der Waals surface area contributed by atoms with Crippen molar-refractivity contribution >= 4 is 0 Å². The van der Waals surface area contributed by atoms with Crippen LogP contribution in [0.3, 0.4) is 0 Å². The molecule has 0 heterocycles. The first-order valence-electron chi connectivity index (χ1n) is 7.74. The Labute approximate surface area is 109 Å². The zero-order valence-corrected chi connectivity index (χ0v) is 12.4. The molecule has 0 nitrogen and oxygen atoms in total. The summed E-state index contributed by atoms with van der Waals surface area (Å²) in [5.41, 5.74) is 0. The Morgan fingerprint density at radius 1 is 1.18 bits per heavy atom. The highest BCUT2D eigenvalue weighted by molar-refractivity contribution is 4.90. The average molecular weight is 236 g/mol. The lowest BCUT2D eigenvalue weighted by Gasteiger charge is -2.36. The van der Waals surface area contributed by atoms with Gasteiger partial charge in [-0.05, 0) is 48.9 Å². The van der Waals surface area contributed by atoms with E-state index in [1.54, 1.807) is 0 Å². The Balaban J connectivity index is 2.49. The summed E-state index contributed by atoms with van der Waals surface area (Å²) >= 11 is 0. The van der Waals surface area contributed by atoms with E-state index < -0.39 is 0 Å². The van der Waals surface area contributed by atoms with Crippen molar-refractivity contribution in [2.75, 3.05) is 0 Å². The van der Waals surface area contributed by atoms with Crippen molar-refractivity contribution in [2.45, 2.75) is 66.2 Å². The fraction of sp³-hybridized carbons (Fsp3) is 0.882. The molecule has 0 aliphatic heterocycles. The third-order valence-corrected chi connectivity index (χ3v) is 5.33. The van der Waals surface area contributed by atoms with Crippen molar-refractivity contribution in [2.24, 2.45) is 29.6 Å². The van der Waals surface area contributed by atoms with Gasteiger partial charge in [0.2, 0.25) is 0 Å². The molecule has 0 aromatic carbocycles. The van der Waals surface area contributed by atoms with E-state index in [9.17, 15) is 0 Å². The van der Waals surface area contributed by atoms with Crippen molar-refractivity contribution in [3.8, 4) is 0 Å². The molecule has 1 aliphatic carbocycles. The van der Waals surface area contributed by atoms with E-state index in [2.05, 4.69) is 40.3 Å². The molecule has 0 aromatic rings. The van der Waals surface area contributed by atoms with Gasteiger partial charge in [-0.25, -0.2) is 0 Å². The molecule has 0 bridgehead atoms. The molecule has 0 amide bonds. The Morgan fingerprint density at radius 2 is 1.88 bits per heavy atom. The maximum absolute atomic E-state index is 4.08. The second-order valence-electron chi connectivity index (χ2n) is 6.35. The van der Waals surface area contributed by atoms with Crippen LogP contribution in [0.4, 0.5) is 0 Å². The average Bonchev–Trinajstić information content (AvgIpc) is 2.37. The molecule has 0 saturated heterocycles. The Bertz CT molecular complexity index is 218. The highest BCUT2D eigenvalue weighted by atomic mass is 14.3. The lowest BCUT2D eigenvalue weighted by atomic mass is 9.69. The topological polar surface area (TPSA) is 0 Å². The largest absolute Gasteiger partial charge is 0.103 e. The second kappa shape index (κ2) is 7.24. The third-order valence-electron chi connectivity index (χ3n) is 5.33. The quantitative estimate of drug-likeness (QED) is 0.520. The van der Waals surface area contributed by atoms with Gasteiger partial charge in [-0.2, -0.15) is 0 Å². The maximum Gasteiger partial charge on any atom is -0.0205 e. The first-order chi connectivity index (χ1) is 8.12. The molecule has 0 aromatic heterocycles. The zero-order valence-electron chi connectivity index (χ0n) is 12.4. The van der Waals surface area contributed by atoms with Gasteiger partial charge < -0.3 is 0 Å². The van der Waals surface area contributed by atoms with Gasteiger partial charge in [0, 0.05) is 0 Å². The van der Waals surface area contributed by atoms with E-state index in [4.69, 9.17) is 0 Å². The number of allylic oxidation sites excluding steroid dienone is 1. The van der Waals surface area contributed by atoms with E-state index in [-0.39, 0.29) is 0 Å². The van der Waals surface area contributed by atoms with E-state index in [0.29, 0.717) is 0 Å². The van der Waals surface area contributed by atoms with Crippen LogP contribution in [-0.2, 0) is 0 Å². The highest BCUT2D eigenvalue weighted by Crippen LogP contribution is 2.40. The fourth-order valence-electron chi connectivity index (χ4n) is 3.42. The summed E-state index contributed by atoms with van der Waals surface area (Å²) in [5, 5.41) is 0. The number of rotatable bonds is 6. The Kier molecular flexibility index (Phi) is 6.30. The molecule has 100 valence electrons. The van der Waals surface area contributed by atoms with Gasteiger partial charge in [0.05, 0.1) is 0 Å². The Hall–Kier alpha value is -0.260. The maximum atomic E-state index is 4.08. The first-order valence-corrected chi connectivity index (χ1v) is 7.74. The summed E-state index contributed by atoms with van der Waals surface area (Å²) in [6.07, 6.45) is 10.6. The van der Waals surface area contributed by atoms with Crippen LogP contribution in [0.5, 0.6) is 0 Å². The summed E-state index contributed by atoms with van der Waals surface area (Å²) in [4.78, 5) is 0. The predicted molar refractivity (Wildman–Crippen MR) is 78.0 cm³/mol. The molecule has 1 saturated carbocycles. The minimum Gasteiger partial charge on any atom is -0.103 e. The molecule has 0 N–H and O–H groups in total. The minimum absolute atomic E-state index is 0.792. The van der Waals surface area contributed by atoms with Gasteiger partial charge in [-0.1, -0.05) is 53.0 Å². The van der Waals surface area contributed by atoms with Crippen molar-refractivity contribution in [1.29, 1.82) is 0 Å². The van der Waals surface area contributed by atoms with Crippen LogP contribution in [0.1, 0.15) is 66.2 Å². The highest BCUT2D eigenvalue weighted by Gasteiger charge is 2.29. The van der Waals surface area contributed by atoms with Gasteiger partial charge in [0.15, 0.2) is 0 Å². The summed E-state index contributed by atoms with van der Waals surface area (Å²) in [6, 6.07) is 0. The second-order valence-corrected chi connectivity index (χ2v) is 6.35. The minimum atomic E-state index is 0.792. The smallest absolute Gasteiger partial charge is 0.0205 e. The van der Waals surface area contributed by atoms with Gasteiger partial charge >= 0.3 is 0 Å². The fourth-order valence-corrected chi connectivity index (χ4v) is 3.42. The van der Waals surface area contributed by atoms with Crippen LogP contribution in [0.15, 0.2) is 12.7 Å². The monoisotopic (exact) mass is 236 g/mol. The summed E-state index contributed by atoms with van der Waals surface area (Å²) in [5.74, 6) is 4.43. The van der Waals surface area contributed by atoms with Crippen LogP contribution >= 0.6 is 0 Å². The van der Waals surface area contributed by atoms with Crippen LogP contribution in [0.2, 0.25) is 0 Å². The molecular formula is C17H32. The molecule has 0 heteroatoms. The zero-order chi connectivity index (χ0) is 12.8. The van der Waals surface area contributed by atoms with E-state index in [1.165, 1.54) is 38.5 Å². The van der Waals surface area contributed by atoms with Crippen LogP contribution in [-0.4, -0.2) is 0 Å². The Morgan fingerprint density at radius 3 is 2.41 bits per heavy atom. The lowest BCUT2D eigenvalue weighted by molar-refractivity contribution is 0.167. The van der Waals surface area contributed by atoms with Gasteiger partial charge in [0.1, 0.15) is 0 Å². The molecule has 1 aliphatic rings. The molecule has 17 heavy (non-hydrogen) atoms. The lowest BCUT2D eigenvalue weighted by Crippen LogP contribution is -2.26.